The first-order chi connectivity index (χ1) is 11.3. The molecule has 0 aromatic heterocycles. The van der Waals surface area contributed by atoms with Gasteiger partial charge in [0.15, 0.2) is 0 Å². The number of sulfonamides is 2. The molecule has 2 N–H and O–H groups in total. The Kier molecular flexibility index (Phi) is 4.33. The van der Waals surface area contributed by atoms with Crippen LogP contribution in [0.25, 0.3) is 0 Å². The molecule has 2 aromatic rings. The highest BCUT2D eigenvalue weighted by molar-refractivity contribution is 7.92. The van der Waals surface area contributed by atoms with Crippen molar-refractivity contribution in [2.24, 2.45) is 0 Å². The van der Waals surface area contributed by atoms with Crippen LogP contribution >= 0.6 is 0 Å². The lowest BCUT2D eigenvalue weighted by Crippen LogP contribution is -2.25. The number of halogens is 1. The summed E-state index contributed by atoms with van der Waals surface area (Å²) in [6, 6.07) is 9.81. The SMILES string of the molecule is O=S(=O)(Nc1cccc(S(=O)(=O)NC2CC2)c1)c1ccc(F)cc1. The van der Waals surface area contributed by atoms with E-state index in [-0.39, 0.29) is 21.5 Å². The van der Waals surface area contributed by atoms with Crippen molar-refractivity contribution < 1.29 is 21.2 Å². The van der Waals surface area contributed by atoms with E-state index in [9.17, 15) is 21.2 Å². The molecule has 9 heteroatoms. The first-order valence-corrected chi connectivity index (χ1v) is 10.1. The van der Waals surface area contributed by atoms with E-state index >= 15 is 0 Å². The molecule has 128 valence electrons. The third-order valence-corrected chi connectivity index (χ3v) is 6.34. The molecule has 1 aliphatic carbocycles. The molecule has 0 radical (unpaired) electrons. The molecule has 1 fully saturated rings. The van der Waals surface area contributed by atoms with E-state index in [0.29, 0.717) is 0 Å². The lowest BCUT2D eigenvalue weighted by molar-refractivity contribution is 0.580. The smallest absolute Gasteiger partial charge is 0.261 e. The summed E-state index contributed by atoms with van der Waals surface area (Å²) in [6.45, 7) is 0. The van der Waals surface area contributed by atoms with Gasteiger partial charge < -0.3 is 0 Å². The molecular weight excluding hydrogens is 355 g/mol. The summed E-state index contributed by atoms with van der Waals surface area (Å²) in [5.74, 6) is -0.548. The Hall–Kier alpha value is -1.97. The van der Waals surface area contributed by atoms with Crippen LogP contribution in [0.4, 0.5) is 10.1 Å². The minimum absolute atomic E-state index is 0.0197. The van der Waals surface area contributed by atoms with Crippen molar-refractivity contribution in [1.29, 1.82) is 0 Å². The van der Waals surface area contributed by atoms with E-state index in [2.05, 4.69) is 9.44 Å². The van der Waals surface area contributed by atoms with Gasteiger partial charge in [-0.05, 0) is 55.3 Å². The fourth-order valence-corrected chi connectivity index (χ4v) is 4.44. The molecule has 0 unspecified atom stereocenters. The molecule has 0 atom stereocenters. The zero-order valence-electron chi connectivity index (χ0n) is 12.4. The highest BCUT2D eigenvalue weighted by Crippen LogP contribution is 2.24. The normalized spacial score (nSPS) is 15.2. The van der Waals surface area contributed by atoms with Gasteiger partial charge in [0, 0.05) is 6.04 Å². The van der Waals surface area contributed by atoms with Gasteiger partial charge in [0.1, 0.15) is 5.82 Å². The second-order valence-electron chi connectivity index (χ2n) is 5.48. The predicted octanol–water partition coefficient (Wildman–Crippen LogP) is 2.07. The van der Waals surface area contributed by atoms with Gasteiger partial charge in [-0.3, -0.25) is 4.72 Å². The van der Waals surface area contributed by atoms with E-state index in [0.717, 1.165) is 37.1 Å². The molecule has 0 heterocycles. The molecule has 6 nitrogen and oxygen atoms in total. The van der Waals surface area contributed by atoms with E-state index in [1.165, 1.54) is 24.3 Å². The van der Waals surface area contributed by atoms with E-state index in [1.54, 1.807) is 0 Å². The standard InChI is InChI=1S/C15H15FN2O4S2/c16-11-4-8-14(9-5-11)23(19,20)18-13-2-1-3-15(10-13)24(21,22)17-12-6-7-12/h1-5,8-10,12,17-18H,6-7H2. The van der Waals surface area contributed by atoms with Crippen LogP contribution in [0.3, 0.4) is 0 Å². The van der Waals surface area contributed by atoms with Crippen molar-refractivity contribution in [2.75, 3.05) is 4.72 Å². The monoisotopic (exact) mass is 370 g/mol. The Balaban J connectivity index is 1.85. The predicted molar refractivity (Wildman–Crippen MR) is 87.0 cm³/mol. The van der Waals surface area contributed by atoms with Crippen LogP contribution in [0.5, 0.6) is 0 Å². The number of nitrogens with one attached hydrogen (secondary N) is 2. The summed E-state index contributed by atoms with van der Waals surface area (Å²) >= 11 is 0. The molecule has 3 rings (SSSR count). The molecule has 24 heavy (non-hydrogen) atoms. The van der Waals surface area contributed by atoms with E-state index in [4.69, 9.17) is 0 Å². The Bertz CT molecular complexity index is 953. The number of benzene rings is 2. The van der Waals surface area contributed by atoms with Crippen molar-refractivity contribution in [2.45, 2.75) is 28.7 Å². The van der Waals surface area contributed by atoms with Crippen molar-refractivity contribution in [3.63, 3.8) is 0 Å². The van der Waals surface area contributed by atoms with Gasteiger partial charge in [0.25, 0.3) is 10.0 Å². The second-order valence-corrected chi connectivity index (χ2v) is 8.88. The summed E-state index contributed by atoms with van der Waals surface area (Å²) < 4.78 is 66.6. The Morgan fingerprint density at radius 1 is 0.875 bits per heavy atom. The summed E-state index contributed by atoms with van der Waals surface area (Å²) in [7, 11) is -7.61. The summed E-state index contributed by atoms with van der Waals surface area (Å²) in [4.78, 5) is -0.137. The quantitative estimate of drug-likeness (QED) is 0.814. The minimum atomic E-state index is -3.93. The van der Waals surface area contributed by atoms with Gasteiger partial charge in [-0.15, -0.1) is 0 Å². The molecule has 1 aliphatic rings. The van der Waals surface area contributed by atoms with Crippen LogP contribution in [0.2, 0.25) is 0 Å². The van der Waals surface area contributed by atoms with Crippen molar-refractivity contribution in [3.05, 3.63) is 54.3 Å². The van der Waals surface area contributed by atoms with Crippen LogP contribution in [-0.4, -0.2) is 22.9 Å². The molecule has 1 saturated carbocycles. The molecule has 0 aliphatic heterocycles. The van der Waals surface area contributed by atoms with Crippen molar-refractivity contribution in [3.8, 4) is 0 Å². The molecule has 0 saturated heterocycles. The maximum Gasteiger partial charge on any atom is 0.261 e. The van der Waals surface area contributed by atoms with Gasteiger partial charge in [-0.25, -0.2) is 25.9 Å². The lowest BCUT2D eigenvalue weighted by atomic mass is 10.3. The first-order valence-electron chi connectivity index (χ1n) is 7.17. The van der Waals surface area contributed by atoms with Gasteiger partial charge in [-0.1, -0.05) is 6.07 Å². The maximum absolute atomic E-state index is 12.9. The van der Waals surface area contributed by atoms with Crippen LogP contribution in [0.15, 0.2) is 58.3 Å². The van der Waals surface area contributed by atoms with Crippen molar-refractivity contribution >= 4 is 25.7 Å². The van der Waals surface area contributed by atoms with Crippen LogP contribution < -0.4 is 9.44 Å². The number of rotatable bonds is 6. The van der Waals surface area contributed by atoms with Gasteiger partial charge >= 0.3 is 0 Å². The topological polar surface area (TPSA) is 92.3 Å². The highest BCUT2D eigenvalue weighted by atomic mass is 32.2. The molecule has 0 bridgehead atoms. The molecular formula is C15H15FN2O4S2. The summed E-state index contributed by atoms with van der Waals surface area (Å²) in [5, 5.41) is 0. The fraction of sp³-hybridized carbons (Fsp3) is 0.200. The van der Waals surface area contributed by atoms with Crippen LogP contribution in [0, 0.1) is 5.82 Å². The third kappa shape index (κ3) is 3.92. The largest absolute Gasteiger partial charge is 0.280 e. The van der Waals surface area contributed by atoms with E-state index < -0.39 is 25.9 Å². The Labute approximate surface area is 139 Å². The summed E-state index contributed by atoms with van der Waals surface area (Å²) in [5.41, 5.74) is 0.109. The average molecular weight is 370 g/mol. The third-order valence-electron chi connectivity index (χ3n) is 3.42. The Morgan fingerprint density at radius 3 is 2.17 bits per heavy atom. The number of hydrogen-bond acceptors (Lipinski definition) is 4. The fourth-order valence-electron chi connectivity index (χ4n) is 2.04. The van der Waals surface area contributed by atoms with Crippen LogP contribution in [-0.2, 0) is 20.0 Å². The number of anilines is 1. The average Bonchev–Trinajstić information content (AvgIpc) is 3.31. The van der Waals surface area contributed by atoms with Gasteiger partial charge in [0.2, 0.25) is 10.0 Å². The lowest BCUT2D eigenvalue weighted by Gasteiger charge is -2.10. The second kappa shape index (κ2) is 6.15. The van der Waals surface area contributed by atoms with Crippen LogP contribution in [0.1, 0.15) is 12.8 Å². The first kappa shape index (κ1) is 16.9. The summed E-state index contributed by atoms with van der Waals surface area (Å²) in [6.07, 6.45) is 1.60. The minimum Gasteiger partial charge on any atom is -0.280 e. The van der Waals surface area contributed by atoms with Crippen molar-refractivity contribution in [1.82, 2.24) is 4.72 Å². The molecule has 2 aromatic carbocycles. The molecule has 0 spiro atoms. The maximum atomic E-state index is 12.9. The van der Waals surface area contributed by atoms with E-state index in [1.807, 2.05) is 0 Å². The van der Waals surface area contributed by atoms with Gasteiger partial charge in [-0.2, -0.15) is 0 Å². The zero-order valence-corrected chi connectivity index (χ0v) is 14.1. The zero-order chi connectivity index (χ0) is 17.4. The number of hydrogen-bond donors (Lipinski definition) is 2. The van der Waals surface area contributed by atoms with Gasteiger partial charge in [0.05, 0.1) is 15.5 Å². The Morgan fingerprint density at radius 2 is 1.54 bits per heavy atom. The molecule has 0 amide bonds. The highest BCUT2D eigenvalue weighted by Gasteiger charge is 2.28.